The van der Waals surface area contributed by atoms with Crippen molar-refractivity contribution in [1.82, 2.24) is 4.98 Å². The summed E-state index contributed by atoms with van der Waals surface area (Å²) in [5.41, 5.74) is 5.25. The Morgan fingerprint density at radius 1 is 0.905 bits per heavy atom. The van der Waals surface area contributed by atoms with Gasteiger partial charge in [0.05, 0.1) is 18.8 Å². The zero-order chi connectivity index (χ0) is 29.9. The Morgan fingerprint density at radius 2 is 1.69 bits per heavy atom. The van der Waals surface area contributed by atoms with Crippen molar-refractivity contribution < 1.29 is 23.8 Å². The Balaban J connectivity index is 1.47. The van der Waals surface area contributed by atoms with E-state index in [-0.39, 0.29) is 11.8 Å². The molecule has 222 valence electrons. The van der Waals surface area contributed by atoms with Gasteiger partial charge < -0.3 is 19.2 Å². The highest BCUT2D eigenvalue weighted by molar-refractivity contribution is 6.17. The number of esters is 1. The summed E-state index contributed by atoms with van der Waals surface area (Å²) < 4.78 is 17.3. The molecule has 1 aromatic heterocycles. The Morgan fingerprint density at radius 3 is 2.43 bits per heavy atom. The molecule has 4 aromatic rings. The van der Waals surface area contributed by atoms with Crippen molar-refractivity contribution in [2.75, 3.05) is 13.2 Å². The number of benzene rings is 3. The van der Waals surface area contributed by atoms with Crippen LogP contribution in [0.4, 0.5) is 0 Å². The molecule has 4 rings (SSSR count). The molecule has 0 radical (unpaired) electrons. The van der Waals surface area contributed by atoms with E-state index in [0.717, 1.165) is 47.2 Å². The minimum atomic E-state index is -0.219. The first-order chi connectivity index (χ1) is 20.4. The molecule has 6 nitrogen and oxygen atoms in total. The van der Waals surface area contributed by atoms with Crippen LogP contribution in [0.25, 0.3) is 10.9 Å². The first-order valence-corrected chi connectivity index (χ1v) is 15.2. The molecule has 0 bridgehead atoms. The van der Waals surface area contributed by atoms with Gasteiger partial charge in [-0.25, -0.2) is 0 Å². The van der Waals surface area contributed by atoms with Gasteiger partial charge in [-0.1, -0.05) is 57.5 Å². The molecule has 0 saturated heterocycles. The van der Waals surface area contributed by atoms with Crippen LogP contribution in [0.1, 0.15) is 86.1 Å². The van der Waals surface area contributed by atoms with E-state index in [9.17, 15) is 9.59 Å². The van der Waals surface area contributed by atoms with Gasteiger partial charge in [0.25, 0.3) is 0 Å². The molecule has 1 heterocycles. The van der Waals surface area contributed by atoms with Gasteiger partial charge in [-0.2, -0.15) is 0 Å². The van der Waals surface area contributed by atoms with Gasteiger partial charge in [-0.15, -0.1) is 0 Å². The van der Waals surface area contributed by atoms with Crippen LogP contribution in [0.15, 0.2) is 66.7 Å². The molecule has 0 aliphatic carbocycles. The summed E-state index contributed by atoms with van der Waals surface area (Å²) in [7, 11) is 0. The number of carbonyl (C=O) groups excluding carboxylic acids is 2. The second kappa shape index (κ2) is 15.2. The van der Waals surface area contributed by atoms with Gasteiger partial charge >= 0.3 is 5.97 Å². The number of carbonyl (C=O) groups is 2. The van der Waals surface area contributed by atoms with Crippen LogP contribution in [0.2, 0.25) is 0 Å². The Kier molecular flexibility index (Phi) is 11.2. The number of ketones is 1. The summed E-state index contributed by atoms with van der Waals surface area (Å²) >= 11 is 0. The van der Waals surface area contributed by atoms with E-state index in [1.165, 1.54) is 5.56 Å². The second-order valence-electron chi connectivity index (χ2n) is 11.1. The van der Waals surface area contributed by atoms with E-state index < -0.39 is 0 Å². The Labute approximate surface area is 249 Å². The maximum atomic E-state index is 13.7. The molecule has 0 atom stereocenters. The van der Waals surface area contributed by atoms with E-state index in [1.807, 2.05) is 48.5 Å². The Hall–Kier alpha value is -4.06. The first kappa shape index (κ1) is 30.9. The number of hydrogen-bond donors (Lipinski definition) is 1. The summed E-state index contributed by atoms with van der Waals surface area (Å²) in [6, 6.07) is 21.5. The summed E-state index contributed by atoms with van der Waals surface area (Å²) in [5, 5.41) is 0.880. The molecular formula is C36H43NO5. The molecular weight excluding hydrogens is 526 g/mol. The standard InChI is InChI=1S/C36H43NO5/c1-5-7-21-41-33-23-26(22-25(3)4)15-16-28(33)24-42-29-19-17-27(18-20-29)36(39)35-30-11-8-9-12-31(30)37-32(35)13-10-14-34(38)40-6-2/h8-9,11-12,15-20,23,25,37H,5-7,10,13-14,21-22,24H2,1-4H3. The van der Waals surface area contributed by atoms with Gasteiger partial charge in [-0.3, -0.25) is 9.59 Å². The number of H-pyrrole nitrogens is 1. The summed E-state index contributed by atoms with van der Waals surface area (Å²) in [6.45, 7) is 9.82. The first-order valence-electron chi connectivity index (χ1n) is 15.2. The molecule has 0 spiro atoms. The number of aromatic nitrogens is 1. The average molecular weight is 570 g/mol. The third kappa shape index (κ3) is 8.25. The molecule has 0 unspecified atom stereocenters. The van der Waals surface area contributed by atoms with Crippen molar-refractivity contribution in [3.8, 4) is 11.5 Å². The number of fused-ring (bicyclic) bond motifs is 1. The Bertz CT molecular complexity index is 1470. The van der Waals surface area contributed by atoms with Gasteiger partial charge in [0, 0.05) is 34.1 Å². The van der Waals surface area contributed by atoms with Crippen LogP contribution >= 0.6 is 0 Å². The lowest BCUT2D eigenvalue weighted by atomic mass is 9.98. The van der Waals surface area contributed by atoms with Crippen LogP contribution in [0, 0.1) is 5.92 Å². The number of para-hydroxylation sites is 1. The number of ether oxygens (including phenoxy) is 3. The largest absolute Gasteiger partial charge is 0.493 e. The number of hydrogen-bond acceptors (Lipinski definition) is 5. The maximum absolute atomic E-state index is 13.7. The molecule has 6 heteroatoms. The second-order valence-corrected chi connectivity index (χ2v) is 11.1. The van der Waals surface area contributed by atoms with Crippen LogP contribution in [-0.2, 0) is 29.0 Å². The van der Waals surface area contributed by atoms with Gasteiger partial charge in [-0.05, 0) is 80.5 Å². The molecule has 0 fully saturated rings. The van der Waals surface area contributed by atoms with E-state index in [1.54, 1.807) is 6.92 Å². The quantitative estimate of drug-likeness (QED) is 0.0835. The fourth-order valence-corrected chi connectivity index (χ4v) is 5.07. The van der Waals surface area contributed by atoms with E-state index >= 15 is 0 Å². The predicted molar refractivity (Wildman–Crippen MR) is 167 cm³/mol. The van der Waals surface area contributed by atoms with E-state index in [4.69, 9.17) is 14.2 Å². The molecule has 42 heavy (non-hydrogen) atoms. The van der Waals surface area contributed by atoms with Crippen LogP contribution in [0.5, 0.6) is 11.5 Å². The smallest absolute Gasteiger partial charge is 0.305 e. The van der Waals surface area contributed by atoms with Crippen molar-refractivity contribution in [3.05, 3.63) is 94.7 Å². The summed E-state index contributed by atoms with van der Waals surface area (Å²) in [6.07, 6.45) is 4.58. The zero-order valence-electron chi connectivity index (χ0n) is 25.3. The van der Waals surface area contributed by atoms with Gasteiger partial charge in [0.15, 0.2) is 5.78 Å². The minimum Gasteiger partial charge on any atom is -0.493 e. The highest BCUT2D eigenvalue weighted by Gasteiger charge is 2.20. The number of nitrogens with one attached hydrogen (secondary N) is 1. The topological polar surface area (TPSA) is 77.6 Å². The highest BCUT2D eigenvalue weighted by atomic mass is 16.5. The molecule has 0 aliphatic rings. The lowest BCUT2D eigenvalue weighted by Gasteiger charge is -2.15. The van der Waals surface area contributed by atoms with Crippen molar-refractivity contribution in [1.29, 1.82) is 0 Å². The number of aromatic amines is 1. The monoisotopic (exact) mass is 569 g/mol. The molecule has 0 saturated carbocycles. The molecule has 0 amide bonds. The summed E-state index contributed by atoms with van der Waals surface area (Å²) in [4.78, 5) is 29.0. The van der Waals surface area contributed by atoms with Crippen molar-refractivity contribution in [3.63, 3.8) is 0 Å². The lowest BCUT2D eigenvalue weighted by molar-refractivity contribution is -0.143. The van der Waals surface area contributed by atoms with E-state index in [0.29, 0.717) is 61.9 Å². The highest BCUT2D eigenvalue weighted by Crippen LogP contribution is 2.28. The normalized spacial score (nSPS) is 11.2. The third-order valence-corrected chi connectivity index (χ3v) is 7.17. The van der Waals surface area contributed by atoms with Gasteiger partial charge in [0.2, 0.25) is 0 Å². The predicted octanol–water partition coefficient (Wildman–Crippen LogP) is 8.24. The molecule has 3 aromatic carbocycles. The lowest BCUT2D eigenvalue weighted by Crippen LogP contribution is -2.07. The summed E-state index contributed by atoms with van der Waals surface area (Å²) in [5.74, 6) is 1.86. The SMILES string of the molecule is CCCCOc1cc(CC(C)C)ccc1COc1ccc(C(=O)c2c(CCCC(=O)OCC)[nH]c3ccccc23)cc1. The maximum Gasteiger partial charge on any atom is 0.305 e. The molecule has 0 aliphatic heterocycles. The third-order valence-electron chi connectivity index (χ3n) is 7.17. The zero-order valence-corrected chi connectivity index (χ0v) is 25.3. The fourth-order valence-electron chi connectivity index (χ4n) is 5.07. The fraction of sp³-hybridized carbons (Fsp3) is 0.389. The number of rotatable bonds is 16. The van der Waals surface area contributed by atoms with Gasteiger partial charge in [0.1, 0.15) is 18.1 Å². The van der Waals surface area contributed by atoms with Crippen LogP contribution in [0.3, 0.4) is 0 Å². The molecule has 1 N–H and O–H groups in total. The minimum absolute atomic E-state index is 0.0579. The number of unbranched alkanes of at least 4 members (excludes halogenated alkanes) is 1. The van der Waals surface area contributed by atoms with Crippen molar-refractivity contribution >= 4 is 22.7 Å². The van der Waals surface area contributed by atoms with E-state index in [2.05, 4.69) is 44.0 Å². The van der Waals surface area contributed by atoms with Crippen molar-refractivity contribution in [2.24, 2.45) is 5.92 Å². The van der Waals surface area contributed by atoms with Crippen molar-refractivity contribution in [2.45, 2.75) is 72.8 Å². The van der Waals surface area contributed by atoms with Crippen LogP contribution < -0.4 is 9.47 Å². The average Bonchev–Trinajstić information content (AvgIpc) is 3.35. The number of aryl methyl sites for hydroxylation is 1. The van der Waals surface area contributed by atoms with Crippen LogP contribution in [-0.4, -0.2) is 30.0 Å².